The summed E-state index contributed by atoms with van der Waals surface area (Å²) in [6.45, 7) is 5.70. The van der Waals surface area contributed by atoms with Gasteiger partial charge in [0.1, 0.15) is 0 Å². The van der Waals surface area contributed by atoms with Crippen LogP contribution in [0.25, 0.3) is 0 Å². The maximum atomic E-state index is 12.0. The quantitative estimate of drug-likeness (QED) is 0.568. The average Bonchev–Trinajstić information content (AvgIpc) is 2.14. The molecule has 2 atom stereocenters. The SMILES string of the molecule is CC1=CC[C@@H]2C(=O)C(C)=CC(=O)[C@]2(C)C1. The first-order chi connectivity index (χ1) is 6.95. The molecule has 2 nitrogen and oxygen atoms in total. The van der Waals surface area contributed by atoms with Crippen LogP contribution in [0.5, 0.6) is 0 Å². The van der Waals surface area contributed by atoms with Gasteiger partial charge in [0.15, 0.2) is 11.6 Å². The third kappa shape index (κ3) is 1.39. The van der Waals surface area contributed by atoms with E-state index in [2.05, 4.69) is 6.08 Å². The van der Waals surface area contributed by atoms with Crippen molar-refractivity contribution in [2.24, 2.45) is 11.3 Å². The summed E-state index contributed by atoms with van der Waals surface area (Å²) in [4.78, 5) is 24.0. The van der Waals surface area contributed by atoms with E-state index in [9.17, 15) is 9.59 Å². The summed E-state index contributed by atoms with van der Waals surface area (Å²) in [6.07, 6.45) is 5.07. The number of allylic oxidation sites excluding steroid dienone is 4. The van der Waals surface area contributed by atoms with Crippen molar-refractivity contribution in [2.75, 3.05) is 0 Å². The first-order valence-corrected chi connectivity index (χ1v) is 5.38. The maximum Gasteiger partial charge on any atom is 0.163 e. The monoisotopic (exact) mass is 204 g/mol. The van der Waals surface area contributed by atoms with Crippen molar-refractivity contribution in [3.05, 3.63) is 23.3 Å². The van der Waals surface area contributed by atoms with Gasteiger partial charge in [-0.2, -0.15) is 0 Å². The number of ketones is 2. The van der Waals surface area contributed by atoms with Crippen molar-refractivity contribution >= 4 is 11.6 Å². The molecule has 0 aromatic carbocycles. The van der Waals surface area contributed by atoms with Crippen LogP contribution in [0.15, 0.2) is 23.3 Å². The molecule has 0 saturated carbocycles. The zero-order valence-electron chi connectivity index (χ0n) is 9.46. The van der Waals surface area contributed by atoms with Crippen molar-refractivity contribution in [3.63, 3.8) is 0 Å². The van der Waals surface area contributed by atoms with Gasteiger partial charge in [0.2, 0.25) is 0 Å². The number of carbonyl (C=O) groups is 2. The van der Waals surface area contributed by atoms with Gasteiger partial charge in [-0.3, -0.25) is 9.59 Å². The summed E-state index contributed by atoms with van der Waals surface area (Å²) in [6, 6.07) is 0. The molecule has 0 aromatic rings. The number of hydrogen-bond acceptors (Lipinski definition) is 2. The van der Waals surface area contributed by atoms with Crippen LogP contribution in [0.3, 0.4) is 0 Å². The van der Waals surface area contributed by atoms with E-state index >= 15 is 0 Å². The summed E-state index contributed by atoms with van der Waals surface area (Å²) < 4.78 is 0. The van der Waals surface area contributed by atoms with Gasteiger partial charge in [0.05, 0.1) is 0 Å². The van der Waals surface area contributed by atoms with Gasteiger partial charge in [-0.15, -0.1) is 0 Å². The van der Waals surface area contributed by atoms with Gasteiger partial charge in [0, 0.05) is 11.3 Å². The van der Waals surface area contributed by atoms with Crippen molar-refractivity contribution in [1.29, 1.82) is 0 Å². The largest absolute Gasteiger partial charge is 0.294 e. The third-order valence-corrected chi connectivity index (χ3v) is 3.73. The predicted molar refractivity (Wildman–Crippen MR) is 58.4 cm³/mol. The molecule has 0 spiro atoms. The molecule has 0 radical (unpaired) electrons. The molecular weight excluding hydrogens is 188 g/mol. The number of carbonyl (C=O) groups excluding carboxylic acids is 2. The summed E-state index contributed by atoms with van der Waals surface area (Å²) in [5, 5.41) is 0. The van der Waals surface area contributed by atoms with Crippen LogP contribution in [0.1, 0.15) is 33.6 Å². The highest BCUT2D eigenvalue weighted by atomic mass is 16.1. The predicted octanol–water partition coefficient (Wildman–Crippen LogP) is 2.45. The van der Waals surface area contributed by atoms with Crippen molar-refractivity contribution in [2.45, 2.75) is 33.6 Å². The normalized spacial score (nSPS) is 35.8. The topological polar surface area (TPSA) is 34.1 Å². The van der Waals surface area contributed by atoms with E-state index in [1.165, 1.54) is 11.6 Å². The van der Waals surface area contributed by atoms with E-state index in [0.29, 0.717) is 5.57 Å². The second kappa shape index (κ2) is 3.16. The van der Waals surface area contributed by atoms with Crippen molar-refractivity contribution in [3.8, 4) is 0 Å². The lowest BCUT2D eigenvalue weighted by Gasteiger charge is -2.40. The molecule has 2 aliphatic carbocycles. The first kappa shape index (κ1) is 10.3. The van der Waals surface area contributed by atoms with Crippen LogP contribution >= 0.6 is 0 Å². The number of rotatable bonds is 0. The smallest absolute Gasteiger partial charge is 0.163 e. The fourth-order valence-electron chi connectivity index (χ4n) is 2.72. The lowest BCUT2D eigenvalue weighted by molar-refractivity contribution is -0.136. The van der Waals surface area contributed by atoms with Gasteiger partial charge < -0.3 is 0 Å². The van der Waals surface area contributed by atoms with E-state index < -0.39 is 5.41 Å². The van der Waals surface area contributed by atoms with Crippen LogP contribution in [-0.2, 0) is 9.59 Å². The summed E-state index contributed by atoms with van der Waals surface area (Å²) >= 11 is 0. The second-order valence-corrected chi connectivity index (χ2v) is 4.99. The molecule has 0 unspecified atom stereocenters. The minimum atomic E-state index is -0.477. The number of Topliss-reactive ketones (excluding diaryl/α,β-unsaturated/α-hetero) is 1. The Labute approximate surface area is 90.1 Å². The minimum Gasteiger partial charge on any atom is -0.294 e. The van der Waals surface area contributed by atoms with Crippen LogP contribution in [-0.4, -0.2) is 11.6 Å². The molecule has 2 heteroatoms. The molecule has 0 fully saturated rings. The molecule has 0 aromatic heterocycles. The lowest BCUT2D eigenvalue weighted by Crippen LogP contribution is -2.44. The Hall–Kier alpha value is -1.18. The van der Waals surface area contributed by atoms with Crippen LogP contribution in [0.4, 0.5) is 0 Å². The van der Waals surface area contributed by atoms with E-state index in [1.54, 1.807) is 6.92 Å². The molecule has 2 aliphatic rings. The van der Waals surface area contributed by atoms with Crippen LogP contribution in [0.2, 0.25) is 0 Å². The number of fused-ring (bicyclic) bond motifs is 1. The summed E-state index contributed by atoms with van der Waals surface area (Å²) in [5.41, 5.74) is 1.37. The Morgan fingerprint density at radius 1 is 1.33 bits per heavy atom. The molecule has 0 amide bonds. The van der Waals surface area contributed by atoms with E-state index in [4.69, 9.17) is 0 Å². The second-order valence-electron chi connectivity index (χ2n) is 4.99. The van der Waals surface area contributed by atoms with E-state index in [1.807, 2.05) is 13.8 Å². The zero-order valence-corrected chi connectivity index (χ0v) is 9.46. The fourth-order valence-corrected chi connectivity index (χ4v) is 2.72. The highest BCUT2D eigenvalue weighted by Crippen LogP contribution is 2.45. The Bertz CT molecular complexity index is 401. The van der Waals surface area contributed by atoms with Gasteiger partial charge >= 0.3 is 0 Å². The summed E-state index contributed by atoms with van der Waals surface area (Å²) in [7, 11) is 0. The first-order valence-electron chi connectivity index (χ1n) is 5.38. The van der Waals surface area contributed by atoms with E-state index in [-0.39, 0.29) is 17.5 Å². The molecular formula is C13H16O2. The zero-order chi connectivity index (χ0) is 11.2. The standard InChI is InChI=1S/C13H16O2/c1-8-4-5-10-12(15)9(2)6-11(14)13(10,3)7-8/h4,6,10H,5,7H2,1-3H3/t10-,13-/m1/s1. The highest BCUT2D eigenvalue weighted by molar-refractivity contribution is 6.12. The molecule has 15 heavy (non-hydrogen) atoms. The number of hydrogen-bond donors (Lipinski definition) is 0. The fraction of sp³-hybridized carbons (Fsp3) is 0.538. The molecule has 0 saturated heterocycles. The molecule has 0 aliphatic heterocycles. The lowest BCUT2D eigenvalue weighted by atomic mass is 9.60. The van der Waals surface area contributed by atoms with E-state index in [0.717, 1.165) is 12.8 Å². The Kier molecular flexibility index (Phi) is 2.18. The Morgan fingerprint density at radius 3 is 2.67 bits per heavy atom. The highest BCUT2D eigenvalue weighted by Gasteiger charge is 2.47. The molecule has 2 rings (SSSR count). The van der Waals surface area contributed by atoms with Gasteiger partial charge in [0.25, 0.3) is 0 Å². The molecule has 0 bridgehead atoms. The Balaban J connectivity index is 2.48. The van der Waals surface area contributed by atoms with Gasteiger partial charge in [-0.25, -0.2) is 0 Å². The van der Waals surface area contributed by atoms with Gasteiger partial charge in [-0.1, -0.05) is 18.6 Å². The maximum absolute atomic E-state index is 12.0. The average molecular weight is 204 g/mol. The third-order valence-electron chi connectivity index (χ3n) is 3.73. The molecule has 80 valence electrons. The molecule has 0 N–H and O–H groups in total. The summed E-state index contributed by atoms with van der Waals surface area (Å²) in [5.74, 6) is 0.150. The van der Waals surface area contributed by atoms with Crippen molar-refractivity contribution < 1.29 is 9.59 Å². The van der Waals surface area contributed by atoms with Gasteiger partial charge in [-0.05, 0) is 38.3 Å². The van der Waals surface area contributed by atoms with Crippen molar-refractivity contribution in [1.82, 2.24) is 0 Å². The Morgan fingerprint density at radius 2 is 2.00 bits per heavy atom. The molecule has 0 heterocycles. The van der Waals surface area contributed by atoms with Crippen LogP contribution < -0.4 is 0 Å². The minimum absolute atomic E-state index is 0.122. The van der Waals surface area contributed by atoms with Crippen LogP contribution in [0, 0.1) is 11.3 Å².